The van der Waals surface area contributed by atoms with Gasteiger partial charge in [0.15, 0.2) is 5.78 Å². The van der Waals surface area contributed by atoms with Crippen molar-refractivity contribution >= 4 is 11.8 Å². The fourth-order valence-electron chi connectivity index (χ4n) is 2.74. The standard InChI is InChI=1S/C20H36O3/c1-3-4-5-6-9-12-15-19(18(2)21)16-13-10-7-8-11-14-17-20(22)23/h16H,3-15,17H2,1-2H3,(H,22,23)/b19-16-. The first-order valence-corrected chi connectivity index (χ1v) is 9.49. The Kier molecular flexibility index (Phi) is 15.0. The molecule has 23 heavy (non-hydrogen) atoms. The lowest BCUT2D eigenvalue weighted by atomic mass is 10.0. The molecule has 0 aliphatic heterocycles. The molecule has 0 aromatic carbocycles. The summed E-state index contributed by atoms with van der Waals surface area (Å²) in [5, 5.41) is 8.56. The van der Waals surface area contributed by atoms with Crippen molar-refractivity contribution < 1.29 is 14.7 Å². The smallest absolute Gasteiger partial charge is 0.303 e. The maximum atomic E-state index is 11.7. The number of carboxylic acid groups (broad SMARTS) is 1. The third-order valence-electron chi connectivity index (χ3n) is 4.24. The van der Waals surface area contributed by atoms with Crippen molar-refractivity contribution in [3.05, 3.63) is 11.6 Å². The molecule has 134 valence electrons. The van der Waals surface area contributed by atoms with Crippen molar-refractivity contribution in [3.63, 3.8) is 0 Å². The largest absolute Gasteiger partial charge is 0.481 e. The quantitative estimate of drug-likeness (QED) is 0.277. The Morgan fingerprint density at radius 3 is 1.87 bits per heavy atom. The summed E-state index contributed by atoms with van der Waals surface area (Å²) in [6.07, 6.45) is 17.0. The number of carbonyl (C=O) groups excluding carboxylic acids is 1. The lowest BCUT2D eigenvalue weighted by Crippen LogP contribution is -1.97. The van der Waals surface area contributed by atoms with Gasteiger partial charge >= 0.3 is 5.97 Å². The minimum atomic E-state index is -0.700. The Morgan fingerprint density at radius 2 is 1.30 bits per heavy atom. The van der Waals surface area contributed by atoms with Crippen molar-refractivity contribution in [2.45, 2.75) is 104 Å². The van der Waals surface area contributed by atoms with Gasteiger partial charge in [-0.2, -0.15) is 0 Å². The zero-order chi connectivity index (χ0) is 17.3. The summed E-state index contributed by atoms with van der Waals surface area (Å²) in [6, 6.07) is 0. The number of carbonyl (C=O) groups is 2. The van der Waals surface area contributed by atoms with Crippen LogP contribution >= 0.6 is 0 Å². The molecule has 0 saturated carbocycles. The first-order valence-electron chi connectivity index (χ1n) is 9.49. The second kappa shape index (κ2) is 15.8. The zero-order valence-electron chi connectivity index (χ0n) is 15.2. The van der Waals surface area contributed by atoms with E-state index in [9.17, 15) is 9.59 Å². The second-order valence-electron chi connectivity index (χ2n) is 6.50. The number of unbranched alkanes of at least 4 members (excludes halogenated alkanes) is 10. The molecule has 0 bridgehead atoms. The highest BCUT2D eigenvalue weighted by molar-refractivity contribution is 5.93. The van der Waals surface area contributed by atoms with Crippen LogP contribution in [0, 0.1) is 0 Å². The lowest BCUT2D eigenvalue weighted by Gasteiger charge is -2.05. The maximum absolute atomic E-state index is 11.7. The third kappa shape index (κ3) is 15.5. The average molecular weight is 325 g/mol. The topological polar surface area (TPSA) is 54.4 Å². The summed E-state index contributed by atoms with van der Waals surface area (Å²) in [6.45, 7) is 3.90. The molecule has 0 rings (SSSR count). The summed E-state index contributed by atoms with van der Waals surface area (Å²) in [5.74, 6) is -0.478. The molecule has 3 nitrogen and oxygen atoms in total. The van der Waals surface area contributed by atoms with Gasteiger partial charge in [0.1, 0.15) is 0 Å². The first kappa shape index (κ1) is 21.9. The van der Waals surface area contributed by atoms with Gasteiger partial charge in [-0.15, -0.1) is 0 Å². The molecule has 0 radical (unpaired) electrons. The van der Waals surface area contributed by atoms with Crippen LogP contribution in [0.15, 0.2) is 11.6 Å². The summed E-state index contributed by atoms with van der Waals surface area (Å²) < 4.78 is 0. The average Bonchev–Trinajstić information content (AvgIpc) is 2.50. The van der Waals surface area contributed by atoms with E-state index in [0.29, 0.717) is 0 Å². The van der Waals surface area contributed by atoms with Crippen LogP contribution in [0.3, 0.4) is 0 Å². The molecule has 0 aliphatic rings. The predicted molar refractivity (Wildman–Crippen MR) is 96.7 cm³/mol. The van der Waals surface area contributed by atoms with E-state index in [-0.39, 0.29) is 12.2 Å². The number of Topliss-reactive ketones (excluding diaryl/α,β-unsaturated/α-hetero) is 1. The zero-order valence-corrected chi connectivity index (χ0v) is 15.2. The van der Waals surface area contributed by atoms with Gasteiger partial charge < -0.3 is 5.11 Å². The third-order valence-corrected chi connectivity index (χ3v) is 4.24. The number of carboxylic acids is 1. The van der Waals surface area contributed by atoms with E-state index in [0.717, 1.165) is 56.9 Å². The highest BCUT2D eigenvalue weighted by atomic mass is 16.4. The van der Waals surface area contributed by atoms with Gasteiger partial charge in [0.05, 0.1) is 0 Å². The number of ketones is 1. The molecule has 0 saturated heterocycles. The summed E-state index contributed by atoms with van der Waals surface area (Å²) in [5.41, 5.74) is 1.01. The Labute approximate surface area is 142 Å². The lowest BCUT2D eigenvalue weighted by molar-refractivity contribution is -0.137. The monoisotopic (exact) mass is 324 g/mol. The van der Waals surface area contributed by atoms with Crippen LogP contribution in [-0.4, -0.2) is 16.9 Å². The normalized spacial score (nSPS) is 11.7. The minimum absolute atomic E-state index is 0.222. The second-order valence-corrected chi connectivity index (χ2v) is 6.50. The molecule has 0 fully saturated rings. The van der Waals surface area contributed by atoms with Crippen molar-refractivity contribution in [3.8, 4) is 0 Å². The summed E-state index contributed by atoms with van der Waals surface area (Å²) in [7, 11) is 0. The number of aliphatic carboxylic acids is 1. The van der Waals surface area contributed by atoms with Crippen LogP contribution in [-0.2, 0) is 9.59 Å². The fraction of sp³-hybridized carbons (Fsp3) is 0.800. The van der Waals surface area contributed by atoms with Gasteiger partial charge in [-0.05, 0) is 44.6 Å². The van der Waals surface area contributed by atoms with Crippen molar-refractivity contribution in [2.24, 2.45) is 0 Å². The van der Waals surface area contributed by atoms with Crippen LogP contribution in [0.1, 0.15) is 104 Å². The molecular weight excluding hydrogens is 288 g/mol. The van der Waals surface area contributed by atoms with Gasteiger partial charge in [0.2, 0.25) is 0 Å². The molecule has 0 aromatic rings. The summed E-state index contributed by atoms with van der Waals surface area (Å²) >= 11 is 0. The number of hydrogen-bond donors (Lipinski definition) is 1. The van der Waals surface area contributed by atoms with Gasteiger partial charge in [0.25, 0.3) is 0 Å². The number of hydrogen-bond acceptors (Lipinski definition) is 2. The predicted octanol–water partition coefficient (Wildman–Crippen LogP) is 6.07. The first-order chi connectivity index (χ1) is 11.1. The van der Waals surface area contributed by atoms with Gasteiger partial charge in [-0.3, -0.25) is 9.59 Å². The van der Waals surface area contributed by atoms with E-state index in [1.807, 2.05) is 0 Å². The molecular formula is C20H36O3. The van der Waals surface area contributed by atoms with Crippen LogP contribution in [0.2, 0.25) is 0 Å². The molecule has 0 amide bonds. The highest BCUT2D eigenvalue weighted by Crippen LogP contribution is 2.15. The Balaban J connectivity index is 3.69. The number of rotatable bonds is 16. The maximum Gasteiger partial charge on any atom is 0.303 e. The Morgan fingerprint density at radius 1 is 0.783 bits per heavy atom. The van der Waals surface area contributed by atoms with Crippen LogP contribution < -0.4 is 0 Å². The minimum Gasteiger partial charge on any atom is -0.481 e. The van der Waals surface area contributed by atoms with E-state index in [2.05, 4.69) is 13.0 Å². The summed E-state index contributed by atoms with van der Waals surface area (Å²) in [4.78, 5) is 22.0. The van der Waals surface area contributed by atoms with Gasteiger partial charge in [-0.25, -0.2) is 0 Å². The fourth-order valence-corrected chi connectivity index (χ4v) is 2.74. The van der Waals surface area contributed by atoms with Crippen molar-refractivity contribution in [1.29, 1.82) is 0 Å². The van der Waals surface area contributed by atoms with Crippen LogP contribution in [0.25, 0.3) is 0 Å². The van der Waals surface area contributed by atoms with Gasteiger partial charge in [0, 0.05) is 6.42 Å². The SMILES string of the molecule is CCCCCCCC/C(=C/CCCCCCCC(=O)O)C(C)=O. The van der Waals surface area contributed by atoms with E-state index >= 15 is 0 Å². The Bertz CT molecular complexity index is 345. The molecule has 0 unspecified atom stereocenters. The van der Waals surface area contributed by atoms with Crippen LogP contribution in [0.4, 0.5) is 0 Å². The Hall–Kier alpha value is -1.12. The van der Waals surface area contributed by atoms with E-state index in [1.54, 1.807) is 6.92 Å². The number of allylic oxidation sites excluding steroid dienone is 2. The molecule has 0 spiro atoms. The highest BCUT2D eigenvalue weighted by Gasteiger charge is 2.03. The molecule has 0 aliphatic carbocycles. The molecule has 1 N–H and O–H groups in total. The van der Waals surface area contributed by atoms with E-state index < -0.39 is 5.97 Å². The molecule has 0 atom stereocenters. The van der Waals surface area contributed by atoms with Gasteiger partial charge in [-0.1, -0.05) is 64.4 Å². The van der Waals surface area contributed by atoms with Crippen molar-refractivity contribution in [1.82, 2.24) is 0 Å². The molecule has 0 aromatic heterocycles. The van der Waals surface area contributed by atoms with E-state index in [4.69, 9.17) is 5.11 Å². The van der Waals surface area contributed by atoms with E-state index in [1.165, 1.54) is 32.1 Å². The molecule has 0 heterocycles. The molecule has 3 heteroatoms. The van der Waals surface area contributed by atoms with Crippen LogP contribution in [0.5, 0.6) is 0 Å². The van der Waals surface area contributed by atoms with Crippen molar-refractivity contribution in [2.75, 3.05) is 0 Å².